The fourth-order valence-electron chi connectivity index (χ4n) is 3.24. The Kier molecular flexibility index (Phi) is 5.79. The minimum Gasteiger partial charge on any atom is -0.403 e. The maximum atomic E-state index is 13.0. The van der Waals surface area contributed by atoms with E-state index >= 15 is 0 Å². The third kappa shape index (κ3) is 4.06. The zero-order valence-corrected chi connectivity index (χ0v) is 17.8. The van der Waals surface area contributed by atoms with E-state index in [1.165, 1.54) is 28.6 Å². The highest BCUT2D eigenvalue weighted by Crippen LogP contribution is 2.29. The van der Waals surface area contributed by atoms with Gasteiger partial charge in [-0.25, -0.2) is 8.42 Å². The van der Waals surface area contributed by atoms with Crippen LogP contribution in [0, 0.1) is 0 Å². The lowest BCUT2D eigenvalue weighted by atomic mass is 10.2. The minimum absolute atomic E-state index is 0.0744. The Labute approximate surface area is 182 Å². The summed E-state index contributed by atoms with van der Waals surface area (Å²) in [6, 6.07) is 11.7. The second kappa shape index (κ2) is 8.35. The first kappa shape index (κ1) is 20.8. The smallest absolute Gasteiger partial charge is 0.322 e. The summed E-state index contributed by atoms with van der Waals surface area (Å²) in [5.74, 6) is -0.396. The zero-order valence-electron chi connectivity index (χ0n) is 15.5. The number of amides is 1. The van der Waals surface area contributed by atoms with Crippen LogP contribution in [-0.2, 0) is 14.8 Å². The lowest BCUT2D eigenvalue weighted by Gasteiger charge is -2.22. The number of aromatic nitrogens is 2. The summed E-state index contributed by atoms with van der Waals surface area (Å²) in [4.78, 5) is 12.9. The first-order valence-electron chi connectivity index (χ1n) is 9.03. The highest BCUT2D eigenvalue weighted by atomic mass is 35.5. The Hall–Kier alpha value is -2.46. The van der Waals surface area contributed by atoms with E-state index in [2.05, 4.69) is 15.5 Å². The number of carbonyl (C=O) groups is 1. The van der Waals surface area contributed by atoms with Gasteiger partial charge in [0.1, 0.15) is 6.04 Å². The minimum atomic E-state index is -3.86. The standard InChI is InChI=1S/C19H16Cl2N4O4S/c20-12-7-9-13(10-8-12)30(27,28)25-11-3-6-16(25)17(26)22-19-24-23-18(29-19)14-4-1-2-5-15(14)21/h1-2,4-5,7-10,16H,3,6,11H2,(H,22,24,26). The summed E-state index contributed by atoms with van der Waals surface area (Å²) in [6.07, 6.45) is 0.934. The number of nitrogens with zero attached hydrogens (tertiary/aromatic N) is 3. The largest absolute Gasteiger partial charge is 0.403 e. The van der Waals surface area contributed by atoms with Gasteiger partial charge in [-0.2, -0.15) is 4.31 Å². The van der Waals surface area contributed by atoms with Crippen LogP contribution in [0.2, 0.25) is 10.0 Å². The molecule has 1 N–H and O–H groups in total. The van der Waals surface area contributed by atoms with Gasteiger partial charge >= 0.3 is 6.01 Å². The van der Waals surface area contributed by atoms with Gasteiger partial charge in [-0.15, -0.1) is 5.10 Å². The molecule has 156 valence electrons. The zero-order chi connectivity index (χ0) is 21.3. The van der Waals surface area contributed by atoms with Crippen molar-refractivity contribution in [3.63, 3.8) is 0 Å². The molecule has 30 heavy (non-hydrogen) atoms. The molecule has 0 saturated carbocycles. The molecule has 1 aliphatic heterocycles. The number of benzene rings is 2. The number of nitrogens with one attached hydrogen (secondary N) is 1. The molecule has 1 fully saturated rings. The van der Waals surface area contributed by atoms with Crippen LogP contribution >= 0.6 is 23.2 Å². The summed E-state index contributed by atoms with van der Waals surface area (Å²) in [5, 5.41) is 11.1. The molecular formula is C19H16Cl2N4O4S. The van der Waals surface area contributed by atoms with Crippen LogP contribution in [0.5, 0.6) is 0 Å². The van der Waals surface area contributed by atoms with Crippen LogP contribution in [0.4, 0.5) is 6.01 Å². The highest BCUT2D eigenvalue weighted by Gasteiger charge is 2.39. The number of hydrogen-bond donors (Lipinski definition) is 1. The van der Waals surface area contributed by atoms with Crippen molar-refractivity contribution in [2.75, 3.05) is 11.9 Å². The monoisotopic (exact) mass is 466 g/mol. The van der Waals surface area contributed by atoms with Crippen molar-refractivity contribution in [1.29, 1.82) is 0 Å². The van der Waals surface area contributed by atoms with Crippen LogP contribution < -0.4 is 5.32 Å². The predicted octanol–water partition coefficient (Wildman–Crippen LogP) is 3.84. The normalized spacial score (nSPS) is 17.2. The van der Waals surface area contributed by atoms with Crippen LogP contribution in [0.15, 0.2) is 57.8 Å². The molecule has 0 radical (unpaired) electrons. The van der Waals surface area contributed by atoms with E-state index in [-0.39, 0.29) is 23.3 Å². The topological polar surface area (TPSA) is 105 Å². The van der Waals surface area contributed by atoms with Gasteiger partial charge in [-0.1, -0.05) is 40.4 Å². The van der Waals surface area contributed by atoms with Crippen LogP contribution in [0.1, 0.15) is 12.8 Å². The van der Waals surface area contributed by atoms with Gasteiger partial charge in [0.2, 0.25) is 15.9 Å². The van der Waals surface area contributed by atoms with Gasteiger partial charge in [-0.3, -0.25) is 10.1 Å². The van der Waals surface area contributed by atoms with Crippen molar-refractivity contribution in [2.24, 2.45) is 0 Å². The molecule has 1 aliphatic rings. The molecule has 2 heterocycles. The Balaban J connectivity index is 1.52. The highest BCUT2D eigenvalue weighted by molar-refractivity contribution is 7.89. The van der Waals surface area contributed by atoms with E-state index in [9.17, 15) is 13.2 Å². The third-order valence-corrected chi connectivity index (χ3v) is 7.19. The van der Waals surface area contributed by atoms with Gasteiger partial charge < -0.3 is 4.42 Å². The molecule has 1 atom stereocenters. The van der Waals surface area contributed by atoms with Crippen molar-refractivity contribution in [3.05, 3.63) is 58.6 Å². The summed E-state index contributed by atoms with van der Waals surface area (Å²) in [5.41, 5.74) is 0.528. The molecule has 0 spiro atoms. The molecule has 1 amide bonds. The van der Waals surface area contributed by atoms with Gasteiger partial charge in [0.05, 0.1) is 15.5 Å². The summed E-state index contributed by atoms with van der Waals surface area (Å²) in [7, 11) is -3.86. The van der Waals surface area contributed by atoms with E-state index in [4.69, 9.17) is 27.6 Å². The lowest BCUT2D eigenvalue weighted by molar-refractivity contribution is -0.119. The fourth-order valence-corrected chi connectivity index (χ4v) is 5.24. The molecule has 1 saturated heterocycles. The van der Waals surface area contributed by atoms with E-state index in [0.29, 0.717) is 28.5 Å². The van der Waals surface area contributed by atoms with E-state index in [1.54, 1.807) is 24.3 Å². The van der Waals surface area contributed by atoms with Crippen molar-refractivity contribution >= 4 is 45.1 Å². The second-order valence-corrected chi connectivity index (χ2v) is 9.34. The average molecular weight is 467 g/mol. The first-order chi connectivity index (χ1) is 14.4. The Bertz CT molecular complexity index is 1180. The van der Waals surface area contributed by atoms with Crippen LogP contribution in [-0.4, -0.2) is 41.4 Å². The number of anilines is 1. The SMILES string of the molecule is O=C(Nc1nnc(-c2ccccc2Cl)o1)C1CCCN1S(=O)(=O)c1ccc(Cl)cc1. The molecule has 11 heteroatoms. The average Bonchev–Trinajstić information content (AvgIpc) is 3.39. The van der Waals surface area contributed by atoms with Crippen LogP contribution in [0.25, 0.3) is 11.5 Å². The molecule has 3 aromatic rings. The van der Waals surface area contributed by atoms with Gasteiger partial charge in [0.25, 0.3) is 5.89 Å². The summed E-state index contributed by atoms with van der Waals surface area (Å²) >= 11 is 12.0. The molecule has 2 aromatic carbocycles. The number of rotatable bonds is 5. The Morgan fingerprint density at radius 1 is 1.10 bits per heavy atom. The molecule has 1 unspecified atom stereocenters. The molecule has 0 aliphatic carbocycles. The lowest BCUT2D eigenvalue weighted by Crippen LogP contribution is -2.43. The quantitative estimate of drug-likeness (QED) is 0.612. The Morgan fingerprint density at radius 3 is 2.57 bits per heavy atom. The van der Waals surface area contributed by atoms with E-state index < -0.39 is 22.0 Å². The van der Waals surface area contributed by atoms with Crippen molar-refractivity contribution < 1.29 is 17.6 Å². The molecular weight excluding hydrogens is 451 g/mol. The fraction of sp³-hybridized carbons (Fsp3) is 0.211. The Morgan fingerprint density at radius 2 is 1.83 bits per heavy atom. The summed E-state index contributed by atoms with van der Waals surface area (Å²) in [6.45, 7) is 0.234. The molecule has 8 nitrogen and oxygen atoms in total. The maximum absolute atomic E-state index is 13.0. The van der Waals surface area contributed by atoms with E-state index in [1.807, 2.05) is 0 Å². The van der Waals surface area contributed by atoms with E-state index in [0.717, 1.165) is 0 Å². The number of hydrogen-bond acceptors (Lipinski definition) is 6. The van der Waals surface area contributed by atoms with Gasteiger partial charge in [0, 0.05) is 11.6 Å². The summed E-state index contributed by atoms with van der Waals surface area (Å²) < 4.78 is 32.6. The van der Waals surface area contributed by atoms with Gasteiger partial charge in [-0.05, 0) is 49.2 Å². The third-order valence-electron chi connectivity index (χ3n) is 4.69. The molecule has 4 rings (SSSR count). The van der Waals surface area contributed by atoms with Crippen molar-refractivity contribution in [2.45, 2.75) is 23.8 Å². The van der Waals surface area contributed by atoms with Gasteiger partial charge in [0.15, 0.2) is 0 Å². The predicted molar refractivity (Wildman–Crippen MR) is 112 cm³/mol. The number of carbonyl (C=O) groups excluding carboxylic acids is 1. The van der Waals surface area contributed by atoms with Crippen LogP contribution in [0.3, 0.4) is 0 Å². The number of halogens is 2. The van der Waals surface area contributed by atoms with Crippen molar-refractivity contribution in [3.8, 4) is 11.5 Å². The number of sulfonamides is 1. The van der Waals surface area contributed by atoms with Crippen molar-refractivity contribution in [1.82, 2.24) is 14.5 Å². The second-order valence-electron chi connectivity index (χ2n) is 6.61. The first-order valence-corrected chi connectivity index (χ1v) is 11.2. The maximum Gasteiger partial charge on any atom is 0.322 e. The molecule has 1 aromatic heterocycles. The molecule has 0 bridgehead atoms.